The van der Waals surface area contributed by atoms with E-state index in [-0.39, 0.29) is 47.5 Å². The Morgan fingerprint density at radius 2 is 1.76 bits per heavy atom. The van der Waals surface area contributed by atoms with Crippen LogP contribution in [0.5, 0.6) is 0 Å². The molecular formula is C26H43NO9S2-2. The minimum absolute atomic E-state index is 0.0168. The molecular weight excluding hydrogens is 534 g/mol. The molecule has 2 N–H and O–H groups in total. The van der Waals surface area contributed by atoms with Crippen molar-refractivity contribution in [3.05, 3.63) is 0 Å². The molecule has 0 aromatic rings. The van der Waals surface area contributed by atoms with Crippen molar-refractivity contribution in [3.63, 3.8) is 0 Å². The summed E-state index contributed by atoms with van der Waals surface area (Å²) >= 11 is 0. The summed E-state index contributed by atoms with van der Waals surface area (Å²) in [6.45, 7) is 6.47. The topological polar surface area (TPSA) is 173 Å². The van der Waals surface area contributed by atoms with Gasteiger partial charge < -0.3 is 19.5 Å². The highest BCUT2D eigenvalue weighted by molar-refractivity contribution is 7.85. The van der Waals surface area contributed by atoms with Crippen LogP contribution in [0.3, 0.4) is 0 Å². The van der Waals surface area contributed by atoms with Crippen molar-refractivity contribution < 1.29 is 40.0 Å². The van der Waals surface area contributed by atoms with E-state index in [4.69, 9.17) is 4.18 Å². The SMILES string of the molecule is C[C@H](CCC(=O)NCCS(=O)(=O)[O-])[C@H]1CC[C@H]2[C@@H]3CC[C@@H]4C[C@H](OS(=O)(=O)[O-])CC[C@]4(C)[C@H]3C[C@H](O)[C@]12C. The third-order valence-corrected chi connectivity index (χ3v) is 12.4. The van der Waals surface area contributed by atoms with Crippen molar-refractivity contribution in [3.8, 4) is 0 Å². The molecule has 38 heavy (non-hydrogen) atoms. The fraction of sp³-hybridized carbons (Fsp3) is 0.962. The van der Waals surface area contributed by atoms with Gasteiger partial charge in [-0.1, -0.05) is 20.8 Å². The molecule has 0 spiro atoms. The number of aliphatic hydroxyl groups excluding tert-OH is 1. The summed E-state index contributed by atoms with van der Waals surface area (Å²) in [7, 11) is -9.08. The molecule has 0 heterocycles. The lowest BCUT2D eigenvalue weighted by atomic mass is 9.43. The van der Waals surface area contributed by atoms with Crippen LogP contribution in [0.1, 0.15) is 85.0 Å². The van der Waals surface area contributed by atoms with Crippen molar-refractivity contribution >= 4 is 26.4 Å². The number of hydrogen-bond acceptors (Lipinski definition) is 9. The summed E-state index contributed by atoms with van der Waals surface area (Å²) in [4.78, 5) is 12.2. The quantitative estimate of drug-likeness (QED) is 0.308. The molecule has 4 saturated carbocycles. The largest absolute Gasteiger partial charge is 0.748 e. The van der Waals surface area contributed by atoms with Gasteiger partial charge in [-0.2, -0.15) is 0 Å². The smallest absolute Gasteiger partial charge is 0.220 e. The Morgan fingerprint density at radius 3 is 2.42 bits per heavy atom. The minimum atomic E-state index is -4.72. The molecule has 0 unspecified atom stereocenters. The van der Waals surface area contributed by atoms with Crippen LogP contribution < -0.4 is 5.32 Å². The Labute approximate surface area is 227 Å². The van der Waals surface area contributed by atoms with E-state index in [2.05, 4.69) is 26.1 Å². The van der Waals surface area contributed by atoms with Gasteiger partial charge in [-0.25, -0.2) is 16.8 Å². The van der Waals surface area contributed by atoms with Crippen molar-refractivity contribution in [1.29, 1.82) is 0 Å². The summed E-state index contributed by atoms with van der Waals surface area (Å²) in [6, 6.07) is 0. The fourth-order valence-electron chi connectivity index (χ4n) is 9.36. The highest BCUT2D eigenvalue weighted by Gasteiger charge is 2.63. The van der Waals surface area contributed by atoms with Crippen LogP contribution in [-0.2, 0) is 29.5 Å². The molecule has 10 nitrogen and oxygen atoms in total. The van der Waals surface area contributed by atoms with E-state index in [0.717, 1.165) is 32.1 Å². The van der Waals surface area contributed by atoms with Crippen LogP contribution in [0.15, 0.2) is 0 Å². The van der Waals surface area contributed by atoms with Gasteiger partial charge in [0.1, 0.15) is 0 Å². The first-order chi connectivity index (χ1) is 17.5. The van der Waals surface area contributed by atoms with Gasteiger partial charge in [-0.3, -0.25) is 8.98 Å². The van der Waals surface area contributed by atoms with E-state index < -0.39 is 38.5 Å². The first-order valence-electron chi connectivity index (χ1n) is 14.1. The zero-order valence-electron chi connectivity index (χ0n) is 22.6. The van der Waals surface area contributed by atoms with Gasteiger partial charge in [0.05, 0.1) is 28.1 Å². The molecule has 4 fully saturated rings. The maximum atomic E-state index is 12.2. The lowest BCUT2D eigenvalue weighted by Crippen LogP contribution is -2.59. The standard InChI is InChI=1S/C26H45NO9S2/c1-16(4-9-24(29)27-12-13-37(30,31)32)20-7-8-21-19-6-5-17-14-18(36-38(33,34)35)10-11-25(17,2)22(19)15-23(28)26(20,21)3/h16-23,28H,4-15H2,1-3H3,(H,27,29)(H,30,31,32)(H,33,34,35)/p-2/t16-,17-,18-,19+,20-,21+,22+,23+,25+,26-/m1/s1. The second-order valence-corrected chi connectivity index (χ2v) is 15.5. The fourth-order valence-corrected chi connectivity index (χ4v) is 10.2. The number of fused-ring (bicyclic) bond motifs is 5. The van der Waals surface area contributed by atoms with Crippen LogP contribution in [0, 0.1) is 46.3 Å². The Kier molecular flexibility index (Phi) is 8.65. The van der Waals surface area contributed by atoms with E-state index >= 15 is 0 Å². The number of aliphatic hydroxyl groups is 1. The zero-order chi connectivity index (χ0) is 28.1. The predicted molar refractivity (Wildman–Crippen MR) is 137 cm³/mol. The molecule has 4 aliphatic carbocycles. The Bertz CT molecular complexity index is 1100. The molecule has 0 aliphatic heterocycles. The Hall–Kier alpha value is -0.790. The maximum Gasteiger partial charge on any atom is 0.220 e. The highest BCUT2D eigenvalue weighted by Crippen LogP contribution is 2.68. The van der Waals surface area contributed by atoms with Gasteiger partial charge in [0.25, 0.3) is 0 Å². The molecule has 0 radical (unpaired) electrons. The monoisotopic (exact) mass is 577 g/mol. The molecule has 220 valence electrons. The van der Waals surface area contributed by atoms with Gasteiger partial charge in [-0.15, -0.1) is 0 Å². The van der Waals surface area contributed by atoms with Gasteiger partial charge >= 0.3 is 0 Å². The molecule has 12 heteroatoms. The average molecular weight is 578 g/mol. The number of carbonyl (C=O) groups excluding carboxylic acids is 1. The first kappa shape index (κ1) is 30.2. The lowest BCUT2D eigenvalue weighted by Gasteiger charge is -2.62. The number of nitrogens with one attached hydrogen (secondary N) is 1. The van der Waals surface area contributed by atoms with Gasteiger partial charge in [-0.05, 0) is 104 Å². The van der Waals surface area contributed by atoms with E-state index in [9.17, 15) is 35.8 Å². The summed E-state index contributed by atoms with van der Waals surface area (Å²) in [6.07, 6.45) is 6.51. The molecule has 4 rings (SSSR count). The van der Waals surface area contributed by atoms with Crippen molar-refractivity contribution in [2.45, 2.75) is 97.2 Å². The molecule has 4 aliphatic rings. The van der Waals surface area contributed by atoms with Crippen LogP contribution in [0.2, 0.25) is 0 Å². The third-order valence-electron chi connectivity index (χ3n) is 11.2. The van der Waals surface area contributed by atoms with Crippen LogP contribution in [0.4, 0.5) is 0 Å². The number of carbonyl (C=O) groups is 1. The minimum Gasteiger partial charge on any atom is -0.748 e. The van der Waals surface area contributed by atoms with Crippen LogP contribution in [-0.4, -0.2) is 61.5 Å². The lowest BCUT2D eigenvalue weighted by molar-refractivity contribution is -0.173. The molecule has 0 saturated heterocycles. The highest BCUT2D eigenvalue weighted by atomic mass is 32.3. The van der Waals surface area contributed by atoms with Gasteiger partial charge in [0, 0.05) is 13.0 Å². The number of hydrogen-bond donors (Lipinski definition) is 2. The molecule has 1 amide bonds. The number of rotatable bonds is 9. The van der Waals surface area contributed by atoms with Crippen molar-refractivity contribution in [2.24, 2.45) is 46.3 Å². The maximum absolute atomic E-state index is 12.2. The normalized spacial score (nSPS) is 42.0. The molecule has 0 aromatic heterocycles. The van der Waals surface area contributed by atoms with Gasteiger partial charge in [0.15, 0.2) is 0 Å². The van der Waals surface area contributed by atoms with E-state index in [1.807, 2.05) is 0 Å². The third kappa shape index (κ3) is 6.10. The second-order valence-electron chi connectivity index (χ2n) is 13.0. The van der Waals surface area contributed by atoms with Crippen molar-refractivity contribution in [2.75, 3.05) is 12.3 Å². The van der Waals surface area contributed by atoms with Crippen LogP contribution >= 0.6 is 0 Å². The molecule has 10 atom stereocenters. The van der Waals surface area contributed by atoms with Crippen LogP contribution in [0.25, 0.3) is 0 Å². The van der Waals surface area contributed by atoms with Crippen molar-refractivity contribution in [1.82, 2.24) is 5.32 Å². The predicted octanol–water partition coefficient (Wildman–Crippen LogP) is 2.54. The second kappa shape index (κ2) is 10.9. The molecule has 0 bridgehead atoms. The zero-order valence-corrected chi connectivity index (χ0v) is 24.3. The summed E-state index contributed by atoms with van der Waals surface area (Å²) < 4.78 is 70.5. The Balaban J connectivity index is 1.39. The van der Waals surface area contributed by atoms with Gasteiger partial charge in [0.2, 0.25) is 16.3 Å². The Morgan fingerprint density at radius 1 is 1.05 bits per heavy atom. The van der Waals surface area contributed by atoms with E-state index in [1.54, 1.807) is 0 Å². The summed E-state index contributed by atoms with van der Waals surface area (Å²) in [5.41, 5.74) is -0.259. The van der Waals surface area contributed by atoms with E-state index in [0.29, 0.717) is 43.4 Å². The summed E-state index contributed by atoms with van der Waals surface area (Å²) in [5.74, 6) is 1.09. The average Bonchev–Trinajstić information content (AvgIpc) is 3.15. The first-order valence-corrected chi connectivity index (χ1v) is 17.0. The van der Waals surface area contributed by atoms with E-state index in [1.165, 1.54) is 0 Å². The summed E-state index contributed by atoms with van der Waals surface area (Å²) in [5, 5.41) is 14.2. The molecule has 0 aromatic carbocycles. The number of amides is 1.